The van der Waals surface area contributed by atoms with E-state index in [1.807, 2.05) is 6.20 Å². The van der Waals surface area contributed by atoms with Crippen molar-refractivity contribution in [2.45, 2.75) is 26.2 Å². The van der Waals surface area contributed by atoms with Crippen molar-refractivity contribution >= 4 is 23.2 Å². The van der Waals surface area contributed by atoms with Gasteiger partial charge < -0.3 is 21.4 Å². The third-order valence-electron chi connectivity index (χ3n) is 5.41. The Bertz CT molecular complexity index is 1060. The molecule has 4 rings (SSSR count). The Morgan fingerprint density at radius 3 is 1.73 bits per heavy atom. The van der Waals surface area contributed by atoms with E-state index in [4.69, 9.17) is 4.42 Å². The molecule has 154 valence electrons. The molecule has 0 atom stereocenters. The molecule has 4 heteroatoms. The van der Waals surface area contributed by atoms with Crippen LogP contribution >= 0.6 is 7.26 Å². The van der Waals surface area contributed by atoms with Gasteiger partial charge >= 0.3 is 0 Å². The Morgan fingerprint density at radius 1 is 0.733 bits per heavy atom. The first kappa shape index (κ1) is 22.5. The van der Waals surface area contributed by atoms with Crippen LogP contribution in [0.15, 0.2) is 95.5 Å². The molecule has 1 aromatic heterocycles. The quantitative estimate of drug-likeness (QED) is 0.420. The summed E-state index contributed by atoms with van der Waals surface area (Å²) in [4.78, 5) is 4.67. The van der Waals surface area contributed by atoms with Crippen LogP contribution in [-0.2, 0) is 5.41 Å². The highest BCUT2D eigenvalue weighted by Gasteiger charge is 2.42. The molecule has 0 saturated heterocycles. The molecule has 3 aromatic carbocycles. The summed E-state index contributed by atoms with van der Waals surface area (Å²) in [6.45, 7) is 8.83. The van der Waals surface area contributed by atoms with E-state index < -0.39 is 7.26 Å². The zero-order chi connectivity index (χ0) is 20.5. The minimum atomic E-state index is -1.86. The van der Waals surface area contributed by atoms with Crippen LogP contribution in [0.4, 0.5) is 0 Å². The highest BCUT2D eigenvalue weighted by molar-refractivity contribution is 7.95. The second-order valence-corrected chi connectivity index (χ2v) is 12.0. The first-order chi connectivity index (χ1) is 13.9. The number of rotatable bonds is 4. The second-order valence-electron chi connectivity index (χ2n) is 8.47. The maximum atomic E-state index is 6.25. The van der Waals surface area contributed by atoms with Crippen molar-refractivity contribution in [3.63, 3.8) is 0 Å². The zero-order valence-electron chi connectivity index (χ0n) is 17.8. The SMILES string of the molecule is CC(C)(C)c1cnc(-c2ccccc2[P+](C)(c2ccccc2)c2ccccc2)o1.[Br-]. The Kier molecular flexibility index (Phi) is 6.65. The minimum Gasteiger partial charge on any atom is -1.00 e. The van der Waals surface area contributed by atoms with Crippen molar-refractivity contribution in [1.29, 1.82) is 0 Å². The van der Waals surface area contributed by atoms with Gasteiger partial charge in [0.15, 0.2) is 0 Å². The highest BCUT2D eigenvalue weighted by Crippen LogP contribution is 2.53. The Morgan fingerprint density at radius 2 is 1.23 bits per heavy atom. The lowest BCUT2D eigenvalue weighted by Crippen LogP contribution is -3.00. The van der Waals surface area contributed by atoms with Crippen LogP contribution in [-0.4, -0.2) is 11.6 Å². The molecule has 1 heterocycles. The molecule has 0 saturated carbocycles. The molecule has 30 heavy (non-hydrogen) atoms. The van der Waals surface area contributed by atoms with Gasteiger partial charge in [-0.25, -0.2) is 4.98 Å². The molecule has 0 radical (unpaired) electrons. The molecule has 0 fully saturated rings. The van der Waals surface area contributed by atoms with Crippen molar-refractivity contribution in [2.24, 2.45) is 0 Å². The lowest BCUT2D eigenvalue weighted by molar-refractivity contribution is -0.00000663. The number of hydrogen-bond acceptors (Lipinski definition) is 2. The summed E-state index contributed by atoms with van der Waals surface area (Å²) in [6, 6.07) is 30.2. The molecule has 0 N–H and O–H groups in total. The van der Waals surface area contributed by atoms with Gasteiger partial charge in [-0.15, -0.1) is 0 Å². The van der Waals surface area contributed by atoms with E-state index in [0.29, 0.717) is 5.89 Å². The van der Waals surface area contributed by atoms with E-state index in [9.17, 15) is 0 Å². The van der Waals surface area contributed by atoms with Crippen LogP contribution < -0.4 is 32.9 Å². The molecule has 0 spiro atoms. The number of aromatic nitrogens is 1. The van der Waals surface area contributed by atoms with Gasteiger partial charge in [-0.3, -0.25) is 0 Å². The molecule has 0 unspecified atom stereocenters. The number of benzene rings is 3. The van der Waals surface area contributed by atoms with Crippen LogP contribution in [0.25, 0.3) is 11.5 Å². The van der Waals surface area contributed by atoms with Gasteiger partial charge in [-0.1, -0.05) is 69.3 Å². The average molecular weight is 480 g/mol. The molecule has 0 amide bonds. The monoisotopic (exact) mass is 479 g/mol. The van der Waals surface area contributed by atoms with Crippen molar-refractivity contribution in [2.75, 3.05) is 6.66 Å². The fourth-order valence-corrected chi connectivity index (χ4v) is 7.10. The highest BCUT2D eigenvalue weighted by atomic mass is 79.9. The van der Waals surface area contributed by atoms with E-state index >= 15 is 0 Å². The summed E-state index contributed by atoms with van der Waals surface area (Å²) in [6.07, 6.45) is 1.87. The van der Waals surface area contributed by atoms with Gasteiger partial charge in [0.2, 0.25) is 5.89 Å². The minimum absolute atomic E-state index is 0. The van der Waals surface area contributed by atoms with Crippen molar-refractivity contribution in [3.05, 3.63) is 96.9 Å². The Balaban J connectivity index is 0.00000256. The van der Waals surface area contributed by atoms with Gasteiger partial charge in [-0.05, 0) is 36.4 Å². The second kappa shape index (κ2) is 8.88. The van der Waals surface area contributed by atoms with E-state index in [0.717, 1.165) is 11.3 Å². The largest absolute Gasteiger partial charge is 1.00 e. The number of hydrogen-bond donors (Lipinski definition) is 0. The van der Waals surface area contributed by atoms with E-state index in [1.165, 1.54) is 15.9 Å². The maximum Gasteiger partial charge on any atom is 0.230 e. The van der Waals surface area contributed by atoms with Crippen LogP contribution in [0.1, 0.15) is 26.5 Å². The first-order valence-corrected chi connectivity index (χ1v) is 12.2. The summed E-state index contributed by atoms with van der Waals surface area (Å²) in [5, 5.41) is 3.99. The van der Waals surface area contributed by atoms with Gasteiger partial charge in [0.1, 0.15) is 28.9 Å². The van der Waals surface area contributed by atoms with Gasteiger partial charge in [0.25, 0.3) is 0 Å². The molecule has 4 aromatic rings. The lowest BCUT2D eigenvalue weighted by atomic mass is 9.94. The summed E-state index contributed by atoms with van der Waals surface area (Å²) in [7, 11) is -1.86. The van der Waals surface area contributed by atoms with Gasteiger partial charge in [-0.2, -0.15) is 0 Å². The average Bonchev–Trinajstić information content (AvgIpc) is 3.25. The van der Waals surface area contributed by atoms with Gasteiger partial charge in [0, 0.05) is 5.41 Å². The standard InChI is InChI=1S/C26H27NOP.BrH/c1-26(2,3)24-19-27-25(28-24)22-17-11-12-18-23(22)29(4,20-13-7-5-8-14-20)21-15-9-6-10-16-21;/h5-19H,1-4H3;1H/q+1;/p-1. The molecule has 0 aliphatic carbocycles. The Hall–Kier alpha value is -2.22. The number of oxazole rings is 1. The summed E-state index contributed by atoms with van der Waals surface area (Å²) >= 11 is 0. The van der Waals surface area contributed by atoms with Crippen molar-refractivity contribution in [1.82, 2.24) is 4.98 Å². The van der Waals surface area contributed by atoms with Crippen LogP contribution in [0.2, 0.25) is 0 Å². The molecule has 0 aliphatic rings. The number of halogens is 1. The van der Waals surface area contributed by atoms with E-state index in [-0.39, 0.29) is 22.4 Å². The smallest absolute Gasteiger partial charge is 0.230 e. The van der Waals surface area contributed by atoms with Crippen molar-refractivity contribution in [3.8, 4) is 11.5 Å². The number of nitrogens with zero attached hydrogens (tertiary/aromatic N) is 1. The zero-order valence-corrected chi connectivity index (χ0v) is 20.3. The summed E-state index contributed by atoms with van der Waals surface area (Å²) < 4.78 is 6.25. The van der Waals surface area contributed by atoms with E-state index in [1.54, 1.807) is 0 Å². The fourth-order valence-electron chi connectivity index (χ4n) is 3.67. The Labute approximate surface area is 190 Å². The van der Waals surface area contributed by atoms with Crippen molar-refractivity contribution < 1.29 is 21.4 Å². The predicted molar refractivity (Wildman–Crippen MR) is 125 cm³/mol. The summed E-state index contributed by atoms with van der Waals surface area (Å²) in [5.41, 5.74) is 1.00. The maximum absolute atomic E-state index is 6.25. The fraction of sp³-hybridized carbons (Fsp3) is 0.192. The molecule has 2 nitrogen and oxygen atoms in total. The predicted octanol–water partition coefficient (Wildman–Crippen LogP) is 2.57. The van der Waals surface area contributed by atoms with Gasteiger partial charge in [0.05, 0.1) is 18.4 Å². The van der Waals surface area contributed by atoms with Crippen LogP contribution in [0.3, 0.4) is 0 Å². The third kappa shape index (κ3) is 4.15. The molecule has 0 bridgehead atoms. The lowest BCUT2D eigenvalue weighted by Gasteiger charge is -2.24. The third-order valence-corrected chi connectivity index (χ3v) is 9.42. The van der Waals surface area contributed by atoms with E-state index in [2.05, 4.69) is 117 Å². The first-order valence-electron chi connectivity index (χ1n) is 9.95. The molecular formula is C26H27BrNOP. The molecule has 0 aliphatic heterocycles. The van der Waals surface area contributed by atoms with Crippen LogP contribution in [0, 0.1) is 0 Å². The topological polar surface area (TPSA) is 26.0 Å². The normalized spacial score (nSPS) is 11.7. The molecular weight excluding hydrogens is 453 g/mol. The summed E-state index contributed by atoms with van der Waals surface area (Å²) in [5.74, 6) is 1.60. The van der Waals surface area contributed by atoms with Crippen LogP contribution in [0.5, 0.6) is 0 Å².